The summed E-state index contributed by atoms with van der Waals surface area (Å²) in [7, 11) is 2.08. The molecule has 1 aliphatic carbocycles. The van der Waals surface area contributed by atoms with E-state index in [9.17, 15) is 14.4 Å². The molecule has 0 spiro atoms. The molecular formula is C23H26N4O3. The van der Waals surface area contributed by atoms with E-state index in [2.05, 4.69) is 34.5 Å². The number of aromatic nitrogens is 2. The third-order valence-corrected chi connectivity index (χ3v) is 5.70. The highest BCUT2D eigenvalue weighted by Gasteiger charge is 2.34. The summed E-state index contributed by atoms with van der Waals surface area (Å²) in [6.45, 7) is 1.12. The second-order valence-electron chi connectivity index (χ2n) is 7.99. The second-order valence-corrected chi connectivity index (χ2v) is 7.99. The van der Waals surface area contributed by atoms with Crippen LogP contribution in [-0.2, 0) is 17.9 Å². The van der Waals surface area contributed by atoms with E-state index in [0.29, 0.717) is 23.2 Å². The molecule has 0 bridgehead atoms. The van der Waals surface area contributed by atoms with Crippen LogP contribution < -0.4 is 16.4 Å². The summed E-state index contributed by atoms with van der Waals surface area (Å²) in [6, 6.07) is 17.1. The number of hydrogen-bond donors (Lipinski definition) is 2. The number of rotatable bonds is 8. The molecule has 30 heavy (non-hydrogen) atoms. The van der Waals surface area contributed by atoms with Gasteiger partial charge in [-0.1, -0.05) is 42.5 Å². The summed E-state index contributed by atoms with van der Waals surface area (Å²) in [5.41, 5.74) is 0.481. The lowest BCUT2D eigenvalue weighted by atomic mass is 10.1. The van der Waals surface area contributed by atoms with Crippen LogP contribution >= 0.6 is 0 Å². The van der Waals surface area contributed by atoms with E-state index in [1.165, 1.54) is 5.56 Å². The van der Waals surface area contributed by atoms with Gasteiger partial charge < -0.3 is 5.32 Å². The van der Waals surface area contributed by atoms with Crippen molar-refractivity contribution < 1.29 is 4.79 Å². The van der Waals surface area contributed by atoms with Crippen molar-refractivity contribution >= 4 is 16.7 Å². The number of likely N-dealkylation sites (N-methyl/N-ethyl adjacent to an activating group) is 1. The standard InChI is InChI=1S/C23H26N4O3/c1-26(14-16-7-3-2-4-8-16)20(17-11-12-17)13-24-21(28)15-27-23(30)19-10-6-5-9-18(19)22(29)25-27/h2-10,17,20H,11-15H2,1H3,(H,24,28)(H,25,29). The molecule has 1 atom stereocenters. The van der Waals surface area contributed by atoms with E-state index in [1.807, 2.05) is 18.2 Å². The molecule has 1 amide bonds. The lowest BCUT2D eigenvalue weighted by Crippen LogP contribution is -2.45. The quantitative estimate of drug-likeness (QED) is 0.596. The number of carbonyl (C=O) groups excluding carboxylic acids is 1. The van der Waals surface area contributed by atoms with Gasteiger partial charge in [-0.05, 0) is 43.5 Å². The van der Waals surface area contributed by atoms with Gasteiger partial charge in [0.2, 0.25) is 5.91 Å². The topological polar surface area (TPSA) is 87.2 Å². The van der Waals surface area contributed by atoms with Gasteiger partial charge in [-0.3, -0.25) is 24.4 Å². The van der Waals surface area contributed by atoms with E-state index in [1.54, 1.807) is 24.3 Å². The number of amides is 1. The molecule has 0 aliphatic heterocycles. The maximum atomic E-state index is 12.6. The van der Waals surface area contributed by atoms with Gasteiger partial charge in [0.1, 0.15) is 6.54 Å². The molecule has 3 aromatic rings. The number of aromatic amines is 1. The number of fused-ring (bicyclic) bond motifs is 1. The van der Waals surface area contributed by atoms with Crippen LogP contribution in [0.25, 0.3) is 10.8 Å². The highest BCUT2D eigenvalue weighted by Crippen LogP contribution is 2.35. The average Bonchev–Trinajstić information content (AvgIpc) is 3.58. The molecule has 156 valence electrons. The number of nitrogens with zero attached hydrogens (tertiary/aromatic N) is 2. The van der Waals surface area contributed by atoms with Crippen LogP contribution in [0, 0.1) is 5.92 Å². The van der Waals surface area contributed by atoms with Crippen LogP contribution in [0.5, 0.6) is 0 Å². The highest BCUT2D eigenvalue weighted by atomic mass is 16.2. The Morgan fingerprint density at radius 2 is 1.77 bits per heavy atom. The SMILES string of the molecule is CN(Cc1ccccc1)C(CNC(=O)Cn1[nH]c(=O)c2ccccc2c1=O)C1CC1. The van der Waals surface area contributed by atoms with E-state index in [4.69, 9.17) is 0 Å². The number of hydrogen-bond acceptors (Lipinski definition) is 4. The zero-order chi connectivity index (χ0) is 21.1. The molecule has 7 nitrogen and oxygen atoms in total. The van der Waals surface area contributed by atoms with Crippen LogP contribution in [0.4, 0.5) is 0 Å². The Balaban J connectivity index is 1.41. The minimum atomic E-state index is -0.378. The van der Waals surface area contributed by atoms with Crippen LogP contribution in [0.2, 0.25) is 0 Å². The minimum absolute atomic E-state index is 0.210. The average molecular weight is 406 g/mol. The molecule has 0 radical (unpaired) electrons. The monoisotopic (exact) mass is 406 g/mol. The van der Waals surface area contributed by atoms with E-state index in [0.717, 1.165) is 24.1 Å². The second kappa shape index (κ2) is 8.67. The summed E-state index contributed by atoms with van der Waals surface area (Å²) in [5.74, 6) is 0.281. The summed E-state index contributed by atoms with van der Waals surface area (Å²) in [6.07, 6.45) is 2.33. The molecule has 1 fully saturated rings. The Kier molecular flexibility index (Phi) is 5.81. The predicted octanol–water partition coefficient (Wildman–Crippen LogP) is 1.72. The first-order valence-corrected chi connectivity index (χ1v) is 10.3. The molecule has 0 saturated heterocycles. The van der Waals surface area contributed by atoms with E-state index >= 15 is 0 Å². The Labute approximate surface area is 174 Å². The number of carbonyl (C=O) groups is 1. The van der Waals surface area contributed by atoms with Gasteiger partial charge in [-0.15, -0.1) is 0 Å². The van der Waals surface area contributed by atoms with Crippen LogP contribution in [0.1, 0.15) is 18.4 Å². The fourth-order valence-electron chi connectivity index (χ4n) is 3.93. The van der Waals surface area contributed by atoms with Gasteiger partial charge >= 0.3 is 0 Å². The Morgan fingerprint density at radius 3 is 2.47 bits per heavy atom. The molecule has 2 N–H and O–H groups in total. The maximum absolute atomic E-state index is 12.6. The molecule has 7 heteroatoms. The van der Waals surface area contributed by atoms with Gasteiger partial charge in [0.05, 0.1) is 10.8 Å². The molecule has 4 rings (SSSR count). The van der Waals surface area contributed by atoms with Crippen molar-refractivity contribution in [1.29, 1.82) is 0 Å². The number of nitrogens with one attached hydrogen (secondary N) is 2. The zero-order valence-corrected chi connectivity index (χ0v) is 17.0. The summed E-state index contributed by atoms with van der Waals surface area (Å²) in [4.78, 5) is 39.6. The number of H-pyrrole nitrogens is 1. The van der Waals surface area contributed by atoms with Gasteiger partial charge in [-0.25, -0.2) is 4.68 Å². The van der Waals surface area contributed by atoms with Crippen molar-refractivity contribution in [3.63, 3.8) is 0 Å². The largest absolute Gasteiger partial charge is 0.353 e. The van der Waals surface area contributed by atoms with Gasteiger partial charge in [0, 0.05) is 19.1 Å². The van der Waals surface area contributed by atoms with Gasteiger partial charge in [0.15, 0.2) is 0 Å². The third kappa shape index (κ3) is 4.52. The lowest BCUT2D eigenvalue weighted by Gasteiger charge is -2.28. The molecule has 2 aromatic carbocycles. The molecular weight excluding hydrogens is 380 g/mol. The van der Waals surface area contributed by atoms with Gasteiger partial charge in [-0.2, -0.15) is 0 Å². The zero-order valence-electron chi connectivity index (χ0n) is 17.0. The third-order valence-electron chi connectivity index (χ3n) is 5.70. The minimum Gasteiger partial charge on any atom is -0.353 e. The number of benzene rings is 2. The van der Waals surface area contributed by atoms with Crippen LogP contribution in [-0.4, -0.2) is 40.2 Å². The lowest BCUT2D eigenvalue weighted by molar-refractivity contribution is -0.122. The fourth-order valence-corrected chi connectivity index (χ4v) is 3.93. The van der Waals surface area contributed by atoms with Gasteiger partial charge in [0.25, 0.3) is 11.1 Å². The molecule has 1 aromatic heterocycles. The van der Waals surface area contributed by atoms with Crippen molar-refractivity contribution in [2.24, 2.45) is 5.92 Å². The first-order valence-electron chi connectivity index (χ1n) is 10.3. The van der Waals surface area contributed by atoms with E-state index < -0.39 is 0 Å². The smallest absolute Gasteiger partial charge is 0.273 e. The highest BCUT2D eigenvalue weighted by molar-refractivity contribution is 5.81. The Bertz CT molecular complexity index is 1150. The first-order chi connectivity index (χ1) is 14.5. The van der Waals surface area contributed by atoms with Crippen molar-refractivity contribution in [3.8, 4) is 0 Å². The first kappa shape index (κ1) is 20.1. The normalized spacial score (nSPS) is 14.7. The molecule has 1 saturated carbocycles. The summed E-state index contributed by atoms with van der Waals surface area (Å²) >= 11 is 0. The molecule has 1 unspecified atom stereocenters. The fraction of sp³-hybridized carbons (Fsp3) is 0.348. The summed E-state index contributed by atoms with van der Waals surface area (Å²) in [5, 5.41) is 6.10. The Morgan fingerprint density at radius 1 is 1.10 bits per heavy atom. The predicted molar refractivity (Wildman–Crippen MR) is 116 cm³/mol. The van der Waals surface area contributed by atoms with Crippen LogP contribution in [0.3, 0.4) is 0 Å². The van der Waals surface area contributed by atoms with Crippen molar-refractivity contribution in [3.05, 3.63) is 80.9 Å². The summed E-state index contributed by atoms with van der Waals surface area (Å²) < 4.78 is 1.08. The van der Waals surface area contributed by atoms with Crippen LogP contribution in [0.15, 0.2) is 64.2 Å². The van der Waals surface area contributed by atoms with Crippen molar-refractivity contribution in [1.82, 2.24) is 20.0 Å². The van der Waals surface area contributed by atoms with Crippen molar-refractivity contribution in [2.75, 3.05) is 13.6 Å². The van der Waals surface area contributed by atoms with Crippen molar-refractivity contribution in [2.45, 2.75) is 32.0 Å². The molecule has 1 heterocycles. The molecule has 1 aliphatic rings. The Hall–Kier alpha value is -3.19. The maximum Gasteiger partial charge on any atom is 0.273 e. The van der Waals surface area contributed by atoms with E-state index in [-0.39, 0.29) is 29.6 Å².